The van der Waals surface area contributed by atoms with Crippen molar-refractivity contribution in [1.29, 1.82) is 0 Å². The minimum atomic E-state index is -0.481. The van der Waals surface area contributed by atoms with Gasteiger partial charge >= 0.3 is 6.09 Å². The molecule has 0 aromatic carbocycles. The minimum absolute atomic E-state index is 0.405. The van der Waals surface area contributed by atoms with Gasteiger partial charge < -0.3 is 15.0 Å². The zero-order valence-corrected chi connectivity index (χ0v) is 11.7. The number of nitrogens with one attached hydrogen (secondary N) is 2. The van der Waals surface area contributed by atoms with Crippen LogP contribution in [0.1, 0.15) is 32.2 Å². The third-order valence-electron chi connectivity index (χ3n) is 2.52. The molecule has 0 atom stereocenters. The Morgan fingerprint density at radius 3 is 2.84 bits per heavy atom. The summed E-state index contributed by atoms with van der Waals surface area (Å²) in [5.41, 5.74) is 2.42. The molecular weight excluding hydrogens is 242 g/mol. The van der Waals surface area contributed by atoms with Crippen molar-refractivity contribution in [1.82, 2.24) is 15.3 Å². The number of pyridine rings is 1. The number of H-pyrrole nitrogens is 1. The van der Waals surface area contributed by atoms with Gasteiger partial charge in [-0.1, -0.05) is 0 Å². The largest absolute Gasteiger partial charge is 0.444 e. The van der Waals surface area contributed by atoms with Gasteiger partial charge in [-0.25, -0.2) is 4.79 Å². The summed E-state index contributed by atoms with van der Waals surface area (Å²) < 4.78 is 5.18. The molecule has 0 saturated heterocycles. The summed E-state index contributed by atoms with van der Waals surface area (Å²) in [4.78, 5) is 19.0. The molecule has 0 fully saturated rings. The molecule has 2 aromatic heterocycles. The third kappa shape index (κ3) is 3.71. The van der Waals surface area contributed by atoms with Crippen molar-refractivity contribution in [2.24, 2.45) is 0 Å². The van der Waals surface area contributed by atoms with Gasteiger partial charge in [0.15, 0.2) is 0 Å². The first-order valence-electron chi connectivity index (χ1n) is 6.24. The second kappa shape index (κ2) is 4.91. The molecule has 5 nitrogen and oxygen atoms in total. The van der Waals surface area contributed by atoms with E-state index in [4.69, 9.17) is 4.74 Å². The van der Waals surface area contributed by atoms with E-state index in [0.717, 1.165) is 22.3 Å². The van der Waals surface area contributed by atoms with Crippen molar-refractivity contribution >= 4 is 17.0 Å². The first-order chi connectivity index (χ1) is 8.83. The van der Waals surface area contributed by atoms with Crippen LogP contribution in [0.5, 0.6) is 0 Å². The van der Waals surface area contributed by atoms with Crippen LogP contribution in [0.2, 0.25) is 0 Å². The molecule has 19 heavy (non-hydrogen) atoms. The fourth-order valence-corrected chi connectivity index (χ4v) is 1.77. The standard InChI is InChI=1S/C14H19N3O2/c1-9-5-12-10(7-15-9)6-11(17-12)8-16-13(18)19-14(2,3)4/h5-7,17H,8H2,1-4H3,(H,16,18). The quantitative estimate of drug-likeness (QED) is 0.873. The molecule has 0 unspecified atom stereocenters. The van der Waals surface area contributed by atoms with Gasteiger partial charge in [0.2, 0.25) is 0 Å². The molecule has 0 spiro atoms. The maximum Gasteiger partial charge on any atom is 0.407 e. The zero-order valence-electron chi connectivity index (χ0n) is 11.7. The molecule has 5 heteroatoms. The Balaban J connectivity index is 2.00. The van der Waals surface area contributed by atoms with Gasteiger partial charge in [-0.15, -0.1) is 0 Å². The number of aryl methyl sites for hydroxylation is 1. The summed E-state index contributed by atoms with van der Waals surface area (Å²) in [5.74, 6) is 0. The fraction of sp³-hybridized carbons (Fsp3) is 0.429. The number of hydrogen-bond donors (Lipinski definition) is 2. The minimum Gasteiger partial charge on any atom is -0.444 e. The maximum atomic E-state index is 11.5. The monoisotopic (exact) mass is 261 g/mol. The summed E-state index contributed by atoms with van der Waals surface area (Å²) in [5, 5.41) is 3.75. The number of aromatic nitrogens is 2. The van der Waals surface area contributed by atoms with Crippen LogP contribution in [0, 0.1) is 6.92 Å². The van der Waals surface area contributed by atoms with E-state index in [1.165, 1.54) is 0 Å². The molecule has 0 aliphatic rings. The Morgan fingerprint density at radius 2 is 2.16 bits per heavy atom. The van der Waals surface area contributed by atoms with Crippen LogP contribution in [0.4, 0.5) is 4.79 Å². The second-order valence-electron chi connectivity index (χ2n) is 5.56. The van der Waals surface area contributed by atoms with Gasteiger partial charge in [-0.2, -0.15) is 0 Å². The van der Waals surface area contributed by atoms with Gasteiger partial charge in [0.25, 0.3) is 0 Å². The molecule has 2 N–H and O–H groups in total. The van der Waals surface area contributed by atoms with Crippen molar-refractivity contribution in [2.45, 2.75) is 39.8 Å². The molecule has 0 aliphatic carbocycles. The number of carbonyl (C=O) groups excluding carboxylic acids is 1. The van der Waals surface area contributed by atoms with Crippen LogP contribution >= 0.6 is 0 Å². The van der Waals surface area contributed by atoms with E-state index in [2.05, 4.69) is 15.3 Å². The third-order valence-corrected chi connectivity index (χ3v) is 2.52. The van der Waals surface area contributed by atoms with Gasteiger partial charge in [0, 0.05) is 28.5 Å². The van der Waals surface area contributed by atoms with E-state index < -0.39 is 11.7 Å². The predicted molar refractivity (Wildman–Crippen MR) is 73.9 cm³/mol. The average molecular weight is 261 g/mol. The van der Waals surface area contributed by atoms with Crippen LogP contribution in [0.15, 0.2) is 18.3 Å². The van der Waals surface area contributed by atoms with Crippen LogP contribution in [-0.2, 0) is 11.3 Å². The molecule has 0 aliphatic heterocycles. The van der Waals surface area contributed by atoms with Crippen molar-refractivity contribution < 1.29 is 9.53 Å². The first-order valence-corrected chi connectivity index (χ1v) is 6.24. The lowest BCUT2D eigenvalue weighted by Gasteiger charge is -2.19. The molecule has 2 heterocycles. The van der Waals surface area contributed by atoms with Crippen molar-refractivity contribution in [3.8, 4) is 0 Å². The lowest BCUT2D eigenvalue weighted by Crippen LogP contribution is -2.32. The van der Waals surface area contributed by atoms with Crippen molar-refractivity contribution in [3.05, 3.63) is 29.7 Å². The topological polar surface area (TPSA) is 67.0 Å². The second-order valence-corrected chi connectivity index (χ2v) is 5.56. The van der Waals surface area contributed by atoms with Crippen LogP contribution in [-0.4, -0.2) is 21.7 Å². The Kier molecular flexibility index (Phi) is 3.46. The molecule has 0 bridgehead atoms. The normalized spacial score (nSPS) is 11.6. The van der Waals surface area contributed by atoms with Crippen molar-refractivity contribution in [3.63, 3.8) is 0 Å². The zero-order chi connectivity index (χ0) is 14.0. The number of ether oxygens (including phenoxy) is 1. The summed E-state index contributed by atoms with van der Waals surface area (Å²) in [7, 11) is 0. The van der Waals surface area contributed by atoms with E-state index in [1.54, 1.807) is 0 Å². The predicted octanol–water partition coefficient (Wildman–Crippen LogP) is 2.90. The number of nitrogens with zero attached hydrogens (tertiary/aromatic N) is 1. The van der Waals surface area contributed by atoms with Crippen LogP contribution in [0.25, 0.3) is 10.9 Å². The van der Waals surface area contributed by atoms with Gasteiger partial charge in [-0.05, 0) is 39.8 Å². The van der Waals surface area contributed by atoms with E-state index in [9.17, 15) is 4.79 Å². The molecule has 0 radical (unpaired) electrons. The number of carbonyl (C=O) groups is 1. The number of fused-ring (bicyclic) bond motifs is 1. The van der Waals surface area contributed by atoms with E-state index >= 15 is 0 Å². The van der Waals surface area contributed by atoms with Gasteiger partial charge in [0.1, 0.15) is 5.60 Å². The average Bonchev–Trinajstić information content (AvgIpc) is 2.66. The van der Waals surface area contributed by atoms with E-state index in [0.29, 0.717) is 6.54 Å². The van der Waals surface area contributed by atoms with Crippen LogP contribution in [0.3, 0.4) is 0 Å². The summed E-state index contributed by atoms with van der Waals surface area (Å²) >= 11 is 0. The van der Waals surface area contributed by atoms with E-state index in [1.807, 2.05) is 46.0 Å². The molecular formula is C14H19N3O2. The summed E-state index contributed by atoms with van der Waals surface area (Å²) in [6.45, 7) is 7.86. The number of aromatic amines is 1. The molecule has 102 valence electrons. The van der Waals surface area contributed by atoms with Crippen LogP contribution < -0.4 is 5.32 Å². The number of rotatable bonds is 2. The fourth-order valence-electron chi connectivity index (χ4n) is 1.77. The van der Waals surface area contributed by atoms with E-state index in [-0.39, 0.29) is 0 Å². The Labute approximate surface area is 112 Å². The Morgan fingerprint density at radius 1 is 1.42 bits per heavy atom. The highest BCUT2D eigenvalue weighted by Gasteiger charge is 2.15. The smallest absolute Gasteiger partial charge is 0.407 e. The number of hydrogen-bond acceptors (Lipinski definition) is 3. The summed E-state index contributed by atoms with van der Waals surface area (Å²) in [6, 6.07) is 3.95. The SMILES string of the molecule is Cc1cc2[nH]c(CNC(=O)OC(C)(C)C)cc2cn1. The maximum absolute atomic E-state index is 11.5. The number of amides is 1. The van der Waals surface area contributed by atoms with Crippen molar-refractivity contribution in [2.75, 3.05) is 0 Å². The van der Waals surface area contributed by atoms with Gasteiger partial charge in [-0.3, -0.25) is 4.98 Å². The summed E-state index contributed by atoms with van der Waals surface area (Å²) in [6.07, 6.45) is 1.40. The highest BCUT2D eigenvalue weighted by atomic mass is 16.6. The molecule has 1 amide bonds. The number of alkyl carbamates (subject to hydrolysis) is 1. The Bertz CT molecular complexity index is 596. The lowest BCUT2D eigenvalue weighted by atomic mass is 10.2. The highest BCUT2D eigenvalue weighted by Crippen LogP contribution is 2.15. The molecule has 2 aromatic rings. The Hall–Kier alpha value is -2.04. The highest BCUT2D eigenvalue weighted by molar-refractivity contribution is 5.79. The van der Waals surface area contributed by atoms with Gasteiger partial charge in [0.05, 0.1) is 6.54 Å². The first kappa shape index (κ1) is 13.4. The molecule has 2 rings (SSSR count). The molecule has 0 saturated carbocycles. The lowest BCUT2D eigenvalue weighted by molar-refractivity contribution is 0.0523.